The normalized spacial score (nSPS) is 12.3. The molecule has 0 saturated carbocycles. The predicted molar refractivity (Wildman–Crippen MR) is 108 cm³/mol. The Morgan fingerprint density at radius 2 is 1.53 bits per heavy atom. The van der Waals surface area contributed by atoms with Crippen molar-refractivity contribution in [1.29, 1.82) is 0 Å². The second kappa shape index (κ2) is 7.36. The summed E-state index contributed by atoms with van der Waals surface area (Å²) in [7, 11) is 0. The van der Waals surface area contributed by atoms with E-state index in [0.29, 0.717) is 12.2 Å². The molecule has 3 aromatic rings. The first kappa shape index (κ1) is 19.2. The van der Waals surface area contributed by atoms with Gasteiger partial charge in [-0.15, -0.1) is 0 Å². The molecule has 7 nitrogen and oxygen atoms in total. The van der Waals surface area contributed by atoms with E-state index in [1.165, 1.54) is 12.1 Å². The molecule has 30 heavy (non-hydrogen) atoms. The third-order valence-electron chi connectivity index (χ3n) is 4.96. The number of nitrogen functional groups attached to an aromatic ring is 1. The average molecular weight is 403 g/mol. The molecule has 0 bridgehead atoms. The molecule has 0 spiro atoms. The molecule has 0 aliphatic heterocycles. The minimum atomic E-state index is -0.881. The number of ketones is 2. The summed E-state index contributed by atoms with van der Waals surface area (Å²) in [6, 6.07) is 14.3. The van der Waals surface area contributed by atoms with Gasteiger partial charge in [0, 0.05) is 23.6 Å². The van der Waals surface area contributed by atoms with Crippen molar-refractivity contribution in [3.8, 4) is 17.2 Å². The van der Waals surface area contributed by atoms with Crippen molar-refractivity contribution in [2.24, 2.45) is 0 Å². The number of aliphatic carboxylic acids is 1. The first-order chi connectivity index (χ1) is 14.4. The van der Waals surface area contributed by atoms with Crippen LogP contribution >= 0.6 is 0 Å². The van der Waals surface area contributed by atoms with Gasteiger partial charge in [-0.3, -0.25) is 14.4 Å². The summed E-state index contributed by atoms with van der Waals surface area (Å²) >= 11 is 0. The van der Waals surface area contributed by atoms with E-state index in [0.717, 1.165) is 5.56 Å². The van der Waals surface area contributed by atoms with Gasteiger partial charge in [0.1, 0.15) is 11.5 Å². The number of fused-ring (bicyclic) bond motifs is 2. The molecule has 0 amide bonds. The maximum absolute atomic E-state index is 13.0. The number of hydrogen-bond acceptors (Lipinski definition) is 6. The van der Waals surface area contributed by atoms with E-state index in [9.17, 15) is 19.5 Å². The number of carboxylic acid groups (broad SMARTS) is 1. The molecule has 0 radical (unpaired) electrons. The summed E-state index contributed by atoms with van der Waals surface area (Å²) in [5.41, 5.74) is 7.19. The van der Waals surface area contributed by atoms with Gasteiger partial charge in [-0.25, -0.2) is 0 Å². The summed E-state index contributed by atoms with van der Waals surface area (Å²) in [5.74, 6) is -1.77. The van der Waals surface area contributed by atoms with Crippen molar-refractivity contribution < 1.29 is 29.3 Å². The van der Waals surface area contributed by atoms with E-state index < -0.39 is 17.5 Å². The van der Waals surface area contributed by atoms with E-state index in [4.69, 9.17) is 15.6 Å². The highest BCUT2D eigenvalue weighted by Crippen LogP contribution is 2.42. The number of anilines is 1. The Bertz CT molecular complexity index is 1200. The van der Waals surface area contributed by atoms with Gasteiger partial charge in [-0.1, -0.05) is 36.4 Å². The molecule has 1 aliphatic rings. The zero-order valence-electron chi connectivity index (χ0n) is 15.7. The lowest BCUT2D eigenvalue weighted by Crippen LogP contribution is -2.22. The Morgan fingerprint density at radius 3 is 2.13 bits per heavy atom. The number of nitrogens with two attached hydrogens (primary N) is 1. The van der Waals surface area contributed by atoms with E-state index in [-0.39, 0.29) is 45.9 Å². The molecule has 7 heteroatoms. The summed E-state index contributed by atoms with van der Waals surface area (Å²) < 4.78 is 5.74. The number of carboxylic acids is 1. The standard InChI is InChI=1S/C23H17NO6/c24-21-17(30-13-8-5-12(6-9-13)7-10-18(26)27)11-16(25)19-20(21)23(29)15-4-2-1-3-14(15)22(19)28/h1-6,8-9,11,25H,7,10,24H2,(H,26,27). The average Bonchev–Trinajstić information content (AvgIpc) is 2.73. The van der Waals surface area contributed by atoms with Crippen LogP contribution in [0.25, 0.3) is 0 Å². The summed E-state index contributed by atoms with van der Waals surface area (Å²) in [6.45, 7) is 0. The second-order valence-corrected chi connectivity index (χ2v) is 6.90. The number of rotatable bonds is 5. The lowest BCUT2D eigenvalue weighted by atomic mass is 9.82. The fourth-order valence-electron chi connectivity index (χ4n) is 3.46. The predicted octanol–water partition coefficient (Wildman–Crippen LogP) is 3.56. The minimum Gasteiger partial charge on any atom is -0.507 e. The van der Waals surface area contributed by atoms with Crippen molar-refractivity contribution in [3.05, 3.63) is 82.4 Å². The highest BCUT2D eigenvalue weighted by molar-refractivity contribution is 6.31. The van der Waals surface area contributed by atoms with Crippen molar-refractivity contribution in [3.63, 3.8) is 0 Å². The Balaban J connectivity index is 1.69. The molecular formula is C23H17NO6. The van der Waals surface area contributed by atoms with Crippen LogP contribution in [0.2, 0.25) is 0 Å². The topological polar surface area (TPSA) is 127 Å². The Kier molecular flexibility index (Phi) is 4.71. The van der Waals surface area contributed by atoms with Crippen molar-refractivity contribution in [2.75, 3.05) is 5.73 Å². The van der Waals surface area contributed by atoms with Crippen LogP contribution in [0.15, 0.2) is 54.6 Å². The van der Waals surface area contributed by atoms with Gasteiger partial charge in [-0.2, -0.15) is 0 Å². The molecule has 0 heterocycles. The highest BCUT2D eigenvalue weighted by Gasteiger charge is 2.35. The molecule has 4 rings (SSSR count). The van der Waals surface area contributed by atoms with E-state index in [2.05, 4.69) is 0 Å². The zero-order chi connectivity index (χ0) is 21.4. The van der Waals surface area contributed by atoms with Crippen LogP contribution in [-0.2, 0) is 11.2 Å². The van der Waals surface area contributed by atoms with Gasteiger partial charge >= 0.3 is 5.97 Å². The third-order valence-corrected chi connectivity index (χ3v) is 4.96. The number of benzene rings is 3. The summed E-state index contributed by atoms with van der Waals surface area (Å²) in [5, 5.41) is 19.2. The van der Waals surface area contributed by atoms with Gasteiger partial charge in [0.25, 0.3) is 0 Å². The molecular weight excluding hydrogens is 386 g/mol. The molecule has 0 aromatic heterocycles. The van der Waals surface area contributed by atoms with Gasteiger partial charge in [0.15, 0.2) is 17.3 Å². The maximum Gasteiger partial charge on any atom is 0.303 e. The monoisotopic (exact) mass is 403 g/mol. The molecule has 0 unspecified atom stereocenters. The molecule has 3 aromatic carbocycles. The number of aryl methyl sites for hydroxylation is 1. The summed E-state index contributed by atoms with van der Waals surface area (Å²) in [6.07, 6.45) is 0.400. The molecule has 0 fully saturated rings. The number of ether oxygens (including phenoxy) is 1. The number of phenols is 1. The summed E-state index contributed by atoms with van der Waals surface area (Å²) in [4.78, 5) is 36.4. The first-order valence-corrected chi connectivity index (χ1v) is 9.19. The van der Waals surface area contributed by atoms with Crippen LogP contribution in [-0.4, -0.2) is 27.7 Å². The zero-order valence-corrected chi connectivity index (χ0v) is 15.7. The number of aromatic hydroxyl groups is 1. The Hall–Kier alpha value is -4.13. The Labute approximate surface area is 171 Å². The minimum absolute atomic E-state index is 0.0173. The lowest BCUT2D eigenvalue weighted by molar-refractivity contribution is -0.136. The molecule has 0 saturated heterocycles. The molecule has 0 atom stereocenters. The SMILES string of the molecule is Nc1c(Oc2ccc(CCC(=O)O)cc2)cc(O)c2c1C(=O)c1ccccc1C2=O. The maximum atomic E-state index is 13.0. The van der Waals surface area contributed by atoms with Crippen LogP contribution in [0.5, 0.6) is 17.2 Å². The quantitative estimate of drug-likeness (QED) is 0.343. The Morgan fingerprint density at radius 1 is 0.933 bits per heavy atom. The number of carbonyl (C=O) groups excluding carboxylic acids is 2. The van der Waals surface area contributed by atoms with Gasteiger partial charge in [-0.05, 0) is 24.1 Å². The molecule has 4 N–H and O–H groups in total. The number of phenolic OH excluding ortho intramolecular Hbond substituents is 1. The van der Waals surface area contributed by atoms with Crippen molar-refractivity contribution >= 4 is 23.2 Å². The van der Waals surface area contributed by atoms with Crippen molar-refractivity contribution in [1.82, 2.24) is 0 Å². The van der Waals surface area contributed by atoms with Gasteiger partial charge in [0.2, 0.25) is 0 Å². The van der Waals surface area contributed by atoms with Gasteiger partial charge < -0.3 is 20.7 Å². The van der Waals surface area contributed by atoms with Crippen LogP contribution in [0.3, 0.4) is 0 Å². The first-order valence-electron chi connectivity index (χ1n) is 9.19. The number of carbonyl (C=O) groups is 3. The fourth-order valence-corrected chi connectivity index (χ4v) is 3.46. The highest BCUT2D eigenvalue weighted by atomic mass is 16.5. The second-order valence-electron chi connectivity index (χ2n) is 6.90. The van der Waals surface area contributed by atoms with Crippen LogP contribution in [0.1, 0.15) is 43.8 Å². The molecule has 150 valence electrons. The van der Waals surface area contributed by atoms with Crippen LogP contribution < -0.4 is 10.5 Å². The number of hydrogen-bond donors (Lipinski definition) is 3. The smallest absolute Gasteiger partial charge is 0.303 e. The molecule has 1 aliphatic carbocycles. The van der Waals surface area contributed by atoms with Gasteiger partial charge in [0.05, 0.1) is 16.8 Å². The van der Waals surface area contributed by atoms with E-state index in [1.54, 1.807) is 42.5 Å². The van der Waals surface area contributed by atoms with Crippen molar-refractivity contribution in [2.45, 2.75) is 12.8 Å². The third kappa shape index (κ3) is 3.26. The van der Waals surface area contributed by atoms with Crippen LogP contribution in [0, 0.1) is 0 Å². The lowest BCUT2D eigenvalue weighted by Gasteiger charge is -2.21. The largest absolute Gasteiger partial charge is 0.507 e. The fraction of sp³-hybridized carbons (Fsp3) is 0.0870. The van der Waals surface area contributed by atoms with E-state index >= 15 is 0 Å². The van der Waals surface area contributed by atoms with E-state index in [1.807, 2.05) is 0 Å². The van der Waals surface area contributed by atoms with Crippen LogP contribution in [0.4, 0.5) is 5.69 Å².